The van der Waals surface area contributed by atoms with Crippen LogP contribution in [0.4, 0.5) is 15.9 Å². The summed E-state index contributed by atoms with van der Waals surface area (Å²) in [5.74, 6) is -1.37. The fourth-order valence-corrected chi connectivity index (χ4v) is 2.49. The lowest BCUT2D eigenvalue weighted by Crippen LogP contribution is -2.16. The second-order valence-electron chi connectivity index (χ2n) is 5.08. The number of non-ortho nitro benzene ring substituents is 1. The molecule has 2 aromatic rings. The number of nitrogens with one attached hydrogen (secondary N) is 1. The van der Waals surface area contributed by atoms with Gasteiger partial charge in [-0.15, -0.1) is 0 Å². The maximum absolute atomic E-state index is 13.9. The first kappa shape index (κ1) is 15.1. The van der Waals surface area contributed by atoms with E-state index in [4.69, 9.17) is 4.74 Å². The van der Waals surface area contributed by atoms with E-state index >= 15 is 0 Å². The molecule has 0 saturated carbocycles. The predicted molar refractivity (Wildman–Crippen MR) is 77.6 cm³/mol. The van der Waals surface area contributed by atoms with Crippen molar-refractivity contribution in [2.24, 2.45) is 7.05 Å². The lowest BCUT2D eigenvalue weighted by molar-refractivity contribution is -0.385. The second-order valence-corrected chi connectivity index (χ2v) is 5.08. The molecule has 1 aromatic carbocycles. The van der Waals surface area contributed by atoms with Crippen molar-refractivity contribution in [3.8, 4) is 0 Å². The number of nitrogens with zero attached hydrogens (tertiary/aromatic N) is 3. The van der Waals surface area contributed by atoms with Gasteiger partial charge in [0.25, 0.3) is 11.6 Å². The second kappa shape index (κ2) is 5.76. The molecule has 8 nitrogen and oxygen atoms in total. The Balaban J connectivity index is 1.87. The predicted octanol–water partition coefficient (Wildman–Crippen LogP) is 1.79. The summed E-state index contributed by atoms with van der Waals surface area (Å²) in [5, 5.41) is 17.3. The van der Waals surface area contributed by atoms with E-state index in [1.165, 1.54) is 0 Å². The number of carbonyl (C=O) groups is 1. The molecule has 0 aliphatic carbocycles. The molecular formula is C14H13FN4O4. The van der Waals surface area contributed by atoms with Crippen molar-refractivity contribution in [1.29, 1.82) is 0 Å². The Morgan fingerprint density at radius 1 is 1.52 bits per heavy atom. The van der Waals surface area contributed by atoms with Crippen molar-refractivity contribution >= 4 is 17.4 Å². The van der Waals surface area contributed by atoms with E-state index < -0.39 is 22.3 Å². The molecule has 0 bridgehead atoms. The number of aryl methyl sites for hydroxylation is 1. The van der Waals surface area contributed by atoms with Gasteiger partial charge in [-0.3, -0.25) is 19.6 Å². The average Bonchev–Trinajstić information content (AvgIpc) is 2.83. The van der Waals surface area contributed by atoms with Gasteiger partial charge >= 0.3 is 0 Å². The van der Waals surface area contributed by atoms with Gasteiger partial charge in [0.15, 0.2) is 5.82 Å². The van der Waals surface area contributed by atoms with E-state index in [0.717, 1.165) is 23.4 Å². The summed E-state index contributed by atoms with van der Waals surface area (Å²) >= 11 is 0. The molecule has 3 rings (SSSR count). The molecule has 1 N–H and O–H groups in total. The highest BCUT2D eigenvalue weighted by Gasteiger charge is 2.23. The van der Waals surface area contributed by atoms with Crippen LogP contribution in [0.25, 0.3) is 0 Å². The van der Waals surface area contributed by atoms with E-state index in [1.807, 2.05) is 0 Å². The molecule has 9 heteroatoms. The molecule has 0 saturated heterocycles. The Labute approximate surface area is 130 Å². The molecule has 1 amide bonds. The molecule has 23 heavy (non-hydrogen) atoms. The van der Waals surface area contributed by atoms with Crippen LogP contribution in [0, 0.1) is 15.9 Å². The zero-order chi connectivity index (χ0) is 16.6. The van der Waals surface area contributed by atoms with Crippen molar-refractivity contribution in [2.45, 2.75) is 13.0 Å². The van der Waals surface area contributed by atoms with Gasteiger partial charge in [0.2, 0.25) is 0 Å². The fraction of sp³-hybridized carbons (Fsp3) is 0.286. The summed E-state index contributed by atoms with van der Waals surface area (Å²) in [7, 11) is 1.76. The van der Waals surface area contributed by atoms with Crippen LogP contribution in [0.5, 0.6) is 0 Å². The third kappa shape index (κ3) is 2.78. The van der Waals surface area contributed by atoms with Crippen LogP contribution in [0.3, 0.4) is 0 Å². The molecule has 0 unspecified atom stereocenters. The monoisotopic (exact) mass is 320 g/mol. The summed E-state index contributed by atoms with van der Waals surface area (Å²) in [4.78, 5) is 22.1. The van der Waals surface area contributed by atoms with Crippen LogP contribution < -0.4 is 5.32 Å². The number of rotatable bonds is 3. The number of aromatic nitrogens is 2. The summed E-state index contributed by atoms with van der Waals surface area (Å²) in [6.07, 6.45) is 0.681. The molecule has 0 spiro atoms. The molecule has 1 aromatic heterocycles. The maximum atomic E-state index is 13.9. The number of fused-ring (bicyclic) bond motifs is 1. The van der Waals surface area contributed by atoms with Gasteiger partial charge in [0.1, 0.15) is 5.82 Å². The minimum Gasteiger partial charge on any atom is -0.376 e. The van der Waals surface area contributed by atoms with E-state index in [2.05, 4.69) is 10.4 Å². The summed E-state index contributed by atoms with van der Waals surface area (Å²) in [6.45, 7) is 0.901. The minimum absolute atomic E-state index is 0.285. The van der Waals surface area contributed by atoms with E-state index in [-0.39, 0.29) is 5.56 Å². The Kier molecular flexibility index (Phi) is 3.78. The maximum Gasteiger partial charge on any atom is 0.272 e. The normalized spacial score (nSPS) is 13.5. The smallest absolute Gasteiger partial charge is 0.272 e. The minimum atomic E-state index is -0.960. The first-order chi connectivity index (χ1) is 11.0. The first-order valence-electron chi connectivity index (χ1n) is 6.85. The van der Waals surface area contributed by atoms with Crippen LogP contribution >= 0.6 is 0 Å². The zero-order valence-electron chi connectivity index (χ0n) is 12.2. The highest BCUT2D eigenvalue weighted by atomic mass is 19.1. The number of hydrogen-bond donors (Lipinski definition) is 1. The van der Waals surface area contributed by atoms with Crippen LogP contribution in [0.2, 0.25) is 0 Å². The highest BCUT2D eigenvalue weighted by molar-refractivity contribution is 6.04. The molecule has 120 valence electrons. The quantitative estimate of drug-likeness (QED) is 0.686. The molecule has 2 heterocycles. The average molecular weight is 320 g/mol. The number of halogens is 1. The standard InChI is InChI=1S/C14H13FN4O4/c1-18-12-4-5-23-7-10(12)13(17-18)16-14(20)9-3-2-8(19(21)22)6-11(9)15/h2-3,6H,4-5,7H2,1H3,(H,16,17,20). The van der Waals surface area contributed by atoms with Crippen LogP contribution in [0.15, 0.2) is 18.2 Å². The van der Waals surface area contributed by atoms with Crippen LogP contribution in [0.1, 0.15) is 21.6 Å². The number of nitro benzene ring substituents is 1. The Morgan fingerprint density at radius 2 is 2.30 bits per heavy atom. The van der Waals surface area contributed by atoms with Crippen molar-refractivity contribution < 1.29 is 18.8 Å². The van der Waals surface area contributed by atoms with Gasteiger partial charge < -0.3 is 10.1 Å². The van der Waals surface area contributed by atoms with E-state index in [9.17, 15) is 19.3 Å². The van der Waals surface area contributed by atoms with E-state index in [1.54, 1.807) is 11.7 Å². The molecule has 0 radical (unpaired) electrons. The van der Waals surface area contributed by atoms with Crippen LogP contribution in [-0.2, 0) is 24.8 Å². The molecule has 0 fully saturated rings. The Bertz CT molecular complexity index is 802. The molecule has 1 aliphatic heterocycles. The first-order valence-corrected chi connectivity index (χ1v) is 6.85. The van der Waals surface area contributed by atoms with Gasteiger partial charge in [0.05, 0.1) is 29.8 Å². The highest BCUT2D eigenvalue weighted by Crippen LogP contribution is 2.25. The SMILES string of the molecule is Cn1nc(NC(=O)c2ccc([N+](=O)[O-])cc2F)c2c1CCOC2. The fourth-order valence-electron chi connectivity index (χ4n) is 2.49. The van der Waals surface area contributed by atoms with Crippen LogP contribution in [-0.4, -0.2) is 27.2 Å². The lowest BCUT2D eigenvalue weighted by atomic mass is 10.1. The van der Waals surface area contributed by atoms with Crippen molar-refractivity contribution in [3.05, 3.63) is 51.0 Å². The number of ether oxygens (including phenoxy) is 1. The third-order valence-corrected chi connectivity index (χ3v) is 3.64. The molecule has 0 atom stereocenters. The number of benzene rings is 1. The zero-order valence-corrected chi connectivity index (χ0v) is 12.2. The number of anilines is 1. The summed E-state index contributed by atoms with van der Waals surface area (Å²) in [6, 6.07) is 2.87. The van der Waals surface area contributed by atoms with Gasteiger partial charge in [-0.2, -0.15) is 5.10 Å². The molecule has 1 aliphatic rings. The summed E-state index contributed by atoms with van der Waals surface area (Å²) in [5.41, 5.74) is 1.01. The molecular weight excluding hydrogens is 307 g/mol. The van der Waals surface area contributed by atoms with Crippen molar-refractivity contribution in [1.82, 2.24) is 9.78 Å². The Morgan fingerprint density at radius 3 is 3.00 bits per heavy atom. The number of hydrogen-bond acceptors (Lipinski definition) is 5. The topological polar surface area (TPSA) is 99.3 Å². The van der Waals surface area contributed by atoms with Crippen molar-refractivity contribution in [3.63, 3.8) is 0 Å². The summed E-state index contributed by atoms with van der Waals surface area (Å²) < 4.78 is 20.9. The lowest BCUT2D eigenvalue weighted by Gasteiger charge is -2.13. The number of nitro groups is 1. The Hall–Kier alpha value is -2.81. The largest absolute Gasteiger partial charge is 0.376 e. The van der Waals surface area contributed by atoms with Gasteiger partial charge in [-0.1, -0.05) is 0 Å². The number of amides is 1. The van der Waals surface area contributed by atoms with E-state index in [0.29, 0.717) is 31.5 Å². The van der Waals surface area contributed by atoms with Gasteiger partial charge in [-0.25, -0.2) is 4.39 Å². The third-order valence-electron chi connectivity index (χ3n) is 3.64. The van der Waals surface area contributed by atoms with Gasteiger partial charge in [-0.05, 0) is 6.07 Å². The van der Waals surface area contributed by atoms with Crippen molar-refractivity contribution in [2.75, 3.05) is 11.9 Å². The van der Waals surface area contributed by atoms with Gasteiger partial charge in [0, 0.05) is 30.8 Å². The number of carbonyl (C=O) groups excluding carboxylic acids is 1.